The zero-order valence-electron chi connectivity index (χ0n) is 6.94. The van der Waals surface area contributed by atoms with Gasteiger partial charge in [0.05, 0.1) is 10.8 Å². The lowest BCUT2D eigenvalue weighted by atomic mass is 10.2. The summed E-state index contributed by atoms with van der Waals surface area (Å²) in [5.41, 5.74) is -1.86. The number of rotatable bonds is 2. The molecule has 1 aromatic rings. The summed E-state index contributed by atoms with van der Waals surface area (Å²) in [4.78, 5) is 11.9. The summed E-state index contributed by atoms with van der Waals surface area (Å²) in [6.07, 6.45) is -5.91. The van der Waals surface area contributed by atoms with Crippen LogP contribution in [0.1, 0.15) is 15.4 Å². The summed E-state index contributed by atoms with van der Waals surface area (Å²) in [6, 6.07) is 0. The average Bonchev–Trinajstić information content (AvgIpc) is 2.45. The van der Waals surface area contributed by atoms with Crippen molar-refractivity contribution in [2.45, 2.75) is 12.1 Å². The smallest absolute Gasteiger partial charge is 0.459 e. The molecule has 0 aliphatic rings. The first kappa shape index (κ1) is 13.3. The van der Waals surface area contributed by atoms with Gasteiger partial charge in [-0.25, -0.2) is 4.98 Å². The Morgan fingerprint density at radius 1 is 1.31 bits per heavy atom. The average molecular weight is 325 g/mol. The third-order valence-corrected chi connectivity index (χ3v) is 2.93. The third kappa shape index (κ3) is 2.17. The number of carboxylic acid groups (broad SMARTS) is 1. The van der Waals surface area contributed by atoms with Gasteiger partial charge in [0.2, 0.25) is 0 Å². The molecule has 0 N–H and O–H groups in total. The highest BCUT2D eigenvalue weighted by Gasteiger charge is 2.61. The van der Waals surface area contributed by atoms with Crippen LogP contribution >= 0.6 is 27.3 Å². The minimum absolute atomic E-state index is 0.129. The zero-order chi connectivity index (χ0) is 12.7. The quantitative estimate of drug-likeness (QED) is 0.781. The SMILES string of the molecule is O=C([O-])c1sc(Br)nc1C(F)(F)C(F)(F)F. The molecule has 0 bridgehead atoms. The molecule has 0 aliphatic heterocycles. The summed E-state index contributed by atoms with van der Waals surface area (Å²) in [5.74, 6) is -7.47. The first-order valence-electron chi connectivity index (χ1n) is 3.40. The number of nitrogens with zero attached hydrogens (tertiary/aromatic N) is 1. The lowest BCUT2D eigenvalue weighted by Gasteiger charge is -2.18. The number of hydrogen-bond donors (Lipinski definition) is 0. The van der Waals surface area contributed by atoms with Gasteiger partial charge < -0.3 is 9.90 Å². The van der Waals surface area contributed by atoms with Gasteiger partial charge >= 0.3 is 12.1 Å². The fourth-order valence-corrected chi connectivity index (χ4v) is 2.10. The Bertz CT molecular complexity index is 429. The van der Waals surface area contributed by atoms with Crippen molar-refractivity contribution in [2.24, 2.45) is 0 Å². The summed E-state index contributed by atoms with van der Waals surface area (Å²) >= 11 is 2.66. The highest BCUT2D eigenvalue weighted by Crippen LogP contribution is 2.46. The van der Waals surface area contributed by atoms with Crippen molar-refractivity contribution in [1.82, 2.24) is 4.98 Å². The van der Waals surface area contributed by atoms with E-state index in [0.717, 1.165) is 0 Å². The van der Waals surface area contributed by atoms with E-state index < -0.39 is 32.6 Å². The molecule has 0 spiro atoms. The molecule has 1 rings (SSSR count). The third-order valence-electron chi connectivity index (χ3n) is 1.44. The number of alkyl halides is 5. The van der Waals surface area contributed by atoms with Crippen molar-refractivity contribution in [1.29, 1.82) is 0 Å². The Kier molecular flexibility index (Phi) is 3.25. The summed E-state index contributed by atoms with van der Waals surface area (Å²) in [6.45, 7) is 0. The van der Waals surface area contributed by atoms with Crippen LogP contribution in [0.4, 0.5) is 22.0 Å². The number of thiazole rings is 1. The van der Waals surface area contributed by atoms with Crippen LogP contribution in [0.3, 0.4) is 0 Å². The lowest BCUT2D eigenvalue weighted by Crippen LogP contribution is -2.36. The maximum atomic E-state index is 12.8. The fraction of sp³-hybridized carbons (Fsp3) is 0.333. The Morgan fingerprint density at radius 2 is 1.81 bits per heavy atom. The summed E-state index contributed by atoms with van der Waals surface area (Å²) in [7, 11) is 0. The van der Waals surface area contributed by atoms with E-state index >= 15 is 0 Å². The number of carbonyl (C=O) groups excluding carboxylic acids is 1. The lowest BCUT2D eigenvalue weighted by molar-refractivity contribution is -0.291. The van der Waals surface area contributed by atoms with E-state index in [2.05, 4.69) is 20.9 Å². The standard InChI is InChI=1S/C6HBrF5NO2S/c7-4-13-2(1(16-4)3(14)15)5(8,9)6(10,11)12/h(H,14,15)/p-1. The number of aromatic nitrogens is 1. The van der Waals surface area contributed by atoms with Crippen LogP contribution in [0, 0.1) is 0 Å². The van der Waals surface area contributed by atoms with Gasteiger partial charge in [0.1, 0.15) is 5.69 Å². The molecule has 90 valence electrons. The molecular weight excluding hydrogens is 325 g/mol. The Balaban J connectivity index is 3.38. The molecule has 0 fully saturated rings. The molecule has 0 amide bonds. The Labute approximate surface area is 97.0 Å². The highest BCUT2D eigenvalue weighted by molar-refractivity contribution is 9.11. The zero-order valence-corrected chi connectivity index (χ0v) is 9.34. The molecule has 1 heterocycles. The number of carbonyl (C=O) groups is 1. The molecular formula is C6BrF5NO2S-. The van der Waals surface area contributed by atoms with Gasteiger partial charge in [0.15, 0.2) is 3.92 Å². The molecule has 0 atom stereocenters. The summed E-state index contributed by atoms with van der Waals surface area (Å²) < 4.78 is 61.1. The molecule has 0 saturated heterocycles. The largest absolute Gasteiger partial charge is 0.544 e. The Morgan fingerprint density at radius 3 is 2.19 bits per heavy atom. The first-order valence-corrected chi connectivity index (χ1v) is 5.01. The fourth-order valence-electron chi connectivity index (χ4n) is 0.779. The van der Waals surface area contributed by atoms with Crippen LogP contribution in [0.25, 0.3) is 0 Å². The van der Waals surface area contributed by atoms with Crippen molar-refractivity contribution in [3.05, 3.63) is 14.5 Å². The second kappa shape index (κ2) is 3.91. The number of carboxylic acids is 1. The van der Waals surface area contributed by atoms with Gasteiger partial charge in [-0.2, -0.15) is 22.0 Å². The van der Waals surface area contributed by atoms with Crippen molar-refractivity contribution in [3.63, 3.8) is 0 Å². The van der Waals surface area contributed by atoms with Gasteiger partial charge in [-0.05, 0) is 15.9 Å². The van der Waals surface area contributed by atoms with Crippen LogP contribution in [0.5, 0.6) is 0 Å². The van der Waals surface area contributed by atoms with E-state index in [4.69, 9.17) is 0 Å². The van der Waals surface area contributed by atoms with Crippen molar-refractivity contribution in [3.8, 4) is 0 Å². The second-order valence-corrected chi connectivity index (χ2v) is 4.78. The van der Waals surface area contributed by atoms with E-state index in [9.17, 15) is 31.9 Å². The molecule has 0 saturated carbocycles. The number of hydrogen-bond acceptors (Lipinski definition) is 4. The highest BCUT2D eigenvalue weighted by atomic mass is 79.9. The summed E-state index contributed by atoms with van der Waals surface area (Å²) in [5, 5.41) is 10.3. The maximum absolute atomic E-state index is 12.8. The first-order chi connectivity index (χ1) is 7.07. The van der Waals surface area contributed by atoms with E-state index in [0.29, 0.717) is 0 Å². The minimum atomic E-state index is -5.91. The minimum Gasteiger partial charge on any atom is -0.544 e. The van der Waals surface area contributed by atoms with E-state index in [1.54, 1.807) is 0 Å². The van der Waals surface area contributed by atoms with E-state index in [1.807, 2.05) is 0 Å². The molecule has 16 heavy (non-hydrogen) atoms. The number of halogens is 6. The van der Waals surface area contributed by atoms with Crippen LogP contribution in [-0.4, -0.2) is 17.1 Å². The van der Waals surface area contributed by atoms with Gasteiger partial charge in [-0.1, -0.05) is 0 Å². The van der Waals surface area contributed by atoms with Gasteiger partial charge in [-0.15, -0.1) is 11.3 Å². The van der Waals surface area contributed by atoms with Gasteiger partial charge in [-0.3, -0.25) is 0 Å². The topological polar surface area (TPSA) is 53.0 Å². The molecule has 1 aromatic heterocycles. The second-order valence-electron chi connectivity index (χ2n) is 2.50. The molecule has 3 nitrogen and oxygen atoms in total. The monoisotopic (exact) mass is 324 g/mol. The molecule has 0 radical (unpaired) electrons. The normalized spacial score (nSPS) is 12.9. The van der Waals surface area contributed by atoms with Crippen LogP contribution in [0.2, 0.25) is 0 Å². The van der Waals surface area contributed by atoms with Crippen molar-refractivity contribution in [2.75, 3.05) is 0 Å². The Hall–Kier alpha value is -0.770. The molecule has 0 unspecified atom stereocenters. The molecule has 0 aromatic carbocycles. The van der Waals surface area contributed by atoms with E-state index in [-0.39, 0.29) is 11.3 Å². The van der Waals surface area contributed by atoms with Crippen molar-refractivity contribution >= 4 is 33.2 Å². The molecule has 0 aliphatic carbocycles. The number of aromatic carboxylic acids is 1. The molecule has 10 heteroatoms. The predicted molar refractivity (Wildman–Crippen MR) is 44.1 cm³/mol. The van der Waals surface area contributed by atoms with E-state index in [1.165, 1.54) is 0 Å². The van der Waals surface area contributed by atoms with Crippen LogP contribution in [0.15, 0.2) is 3.92 Å². The van der Waals surface area contributed by atoms with Gasteiger partial charge in [0.25, 0.3) is 0 Å². The van der Waals surface area contributed by atoms with Gasteiger partial charge in [0, 0.05) is 0 Å². The van der Waals surface area contributed by atoms with Crippen LogP contribution in [-0.2, 0) is 5.92 Å². The predicted octanol–water partition coefficient (Wildman–Crippen LogP) is 1.92. The maximum Gasteiger partial charge on any atom is 0.459 e. The van der Waals surface area contributed by atoms with Crippen LogP contribution < -0.4 is 5.11 Å². The van der Waals surface area contributed by atoms with Crippen molar-refractivity contribution < 1.29 is 31.9 Å².